The largest absolute Gasteiger partial charge is 0.370 e. The third kappa shape index (κ3) is 2.23. The minimum absolute atomic E-state index is 0.0864. The van der Waals surface area contributed by atoms with E-state index in [0.29, 0.717) is 6.54 Å². The van der Waals surface area contributed by atoms with Gasteiger partial charge < -0.3 is 9.64 Å². The second-order valence-electron chi connectivity index (χ2n) is 5.76. The lowest BCUT2D eigenvalue weighted by atomic mass is 9.83. The van der Waals surface area contributed by atoms with Gasteiger partial charge in [0.25, 0.3) is 0 Å². The first kappa shape index (κ1) is 12.0. The van der Waals surface area contributed by atoms with E-state index in [4.69, 9.17) is 4.74 Å². The monoisotopic (exact) mass is 252 g/mol. The number of nitrogens with one attached hydrogen (secondary N) is 1. The van der Waals surface area contributed by atoms with Gasteiger partial charge in [-0.25, -0.2) is 4.79 Å². The second kappa shape index (κ2) is 4.53. The van der Waals surface area contributed by atoms with Gasteiger partial charge >= 0.3 is 6.03 Å². The maximum atomic E-state index is 11.5. The van der Waals surface area contributed by atoms with Crippen LogP contribution in [0, 0.1) is 0 Å². The Kier molecular flexibility index (Phi) is 3.01. The highest BCUT2D eigenvalue weighted by Gasteiger charge is 2.42. The first-order valence-corrected chi connectivity index (χ1v) is 6.93. The van der Waals surface area contributed by atoms with Crippen molar-refractivity contribution in [1.82, 2.24) is 10.2 Å². The van der Waals surface area contributed by atoms with Crippen LogP contribution in [-0.4, -0.2) is 41.6 Å². The van der Waals surface area contributed by atoms with E-state index in [1.807, 2.05) is 0 Å². The zero-order chi connectivity index (χ0) is 12.6. The number of hydrogen-bond acceptors (Lipinski definition) is 3. The Morgan fingerprint density at radius 1 is 1.22 bits per heavy atom. The molecule has 5 heteroatoms. The van der Waals surface area contributed by atoms with Gasteiger partial charge in [-0.3, -0.25) is 10.1 Å². The second-order valence-corrected chi connectivity index (χ2v) is 5.76. The molecule has 1 saturated carbocycles. The SMILES string of the molecule is O=C1CN(CC2CCC3(CCCCC3)O2)C(=O)N1. The molecule has 0 bridgehead atoms. The fraction of sp³-hybridized carbons (Fsp3) is 0.846. The zero-order valence-corrected chi connectivity index (χ0v) is 10.6. The Morgan fingerprint density at radius 2 is 2.00 bits per heavy atom. The number of amides is 3. The van der Waals surface area contributed by atoms with Crippen molar-refractivity contribution in [1.29, 1.82) is 0 Å². The van der Waals surface area contributed by atoms with Crippen LogP contribution in [0.5, 0.6) is 0 Å². The van der Waals surface area contributed by atoms with Gasteiger partial charge in [0.1, 0.15) is 6.54 Å². The molecule has 100 valence electrons. The lowest BCUT2D eigenvalue weighted by Gasteiger charge is -2.33. The predicted octanol–water partition coefficient (Wildman–Crippen LogP) is 1.42. The Hall–Kier alpha value is -1.10. The Balaban J connectivity index is 1.56. The van der Waals surface area contributed by atoms with Gasteiger partial charge in [0.15, 0.2) is 0 Å². The third-order valence-electron chi connectivity index (χ3n) is 4.40. The van der Waals surface area contributed by atoms with E-state index in [1.54, 1.807) is 4.90 Å². The van der Waals surface area contributed by atoms with Crippen molar-refractivity contribution in [2.24, 2.45) is 0 Å². The standard InChI is InChI=1S/C13H20N2O3/c16-11-9-15(12(17)14-11)8-10-4-7-13(18-10)5-2-1-3-6-13/h10H,1-9H2,(H,14,16,17). The van der Waals surface area contributed by atoms with Crippen LogP contribution in [0.1, 0.15) is 44.9 Å². The summed E-state index contributed by atoms with van der Waals surface area (Å²) >= 11 is 0. The van der Waals surface area contributed by atoms with Crippen LogP contribution in [0.2, 0.25) is 0 Å². The highest BCUT2D eigenvalue weighted by Crippen LogP contribution is 2.42. The van der Waals surface area contributed by atoms with Crippen LogP contribution in [0.25, 0.3) is 0 Å². The molecule has 1 aliphatic carbocycles. The van der Waals surface area contributed by atoms with Crippen LogP contribution in [-0.2, 0) is 9.53 Å². The molecular formula is C13H20N2O3. The van der Waals surface area contributed by atoms with Gasteiger partial charge in [-0.05, 0) is 25.7 Å². The van der Waals surface area contributed by atoms with Crippen LogP contribution in [0.3, 0.4) is 0 Å². The number of carbonyl (C=O) groups is 2. The molecule has 3 amide bonds. The first-order valence-electron chi connectivity index (χ1n) is 6.93. The molecule has 18 heavy (non-hydrogen) atoms. The number of nitrogens with zero attached hydrogens (tertiary/aromatic N) is 1. The summed E-state index contributed by atoms with van der Waals surface area (Å²) in [6, 6.07) is -0.270. The number of urea groups is 1. The molecular weight excluding hydrogens is 232 g/mol. The fourth-order valence-corrected chi connectivity index (χ4v) is 3.46. The van der Waals surface area contributed by atoms with Crippen molar-refractivity contribution in [2.75, 3.05) is 13.1 Å². The summed E-state index contributed by atoms with van der Waals surface area (Å²) < 4.78 is 6.20. The Morgan fingerprint density at radius 3 is 2.67 bits per heavy atom. The Labute approximate surface area is 107 Å². The highest BCUT2D eigenvalue weighted by atomic mass is 16.5. The molecule has 2 heterocycles. The van der Waals surface area contributed by atoms with E-state index in [-0.39, 0.29) is 30.2 Å². The van der Waals surface area contributed by atoms with Crippen LogP contribution < -0.4 is 5.32 Å². The maximum Gasteiger partial charge on any atom is 0.324 e. The quantitative estimate of drug-likeness (QED) is 0.756. The van der Waals surface area contributed by atoms with E-state index in [2.05, 4.69) is 5.32 Å². The van der Waals surface area contributed by atoms with Crippen molar-refractivity contribution in [3.05, 3.63) is 0 Å². The van der Waals surface area contributed by atoms with Gasteiger partial charge in [0.2, 0.25) is 5.91 Å². The van der Waals surface area contributed by atoms with Gasteiger partial charge in [-0.1, -0.05) is 19.3 Å². The summed E-state index contributed by atoms with van der Waals surface area (Å²) in [5.41, 5.74) is 0.0864. The van der Waals surface area contributed by atoms with E-state index >= 15 is 0 Å². The number of hydrogen-bond donors (Lipinski definition) is 1. The Bertz CT molecular complexity index is 363. The fourth-order valence-electron chi connectivity index (χ4n) is 3.46. The molecule has 1 unspecified atom stereocenters. The smallest absolute Gasteiger partial charge is 0.324 e. The molecule has 2 saturated heterocycles. The van der Waals surface area contributed by atoms with E-state index < -0.39 is 0 Å². The topological polar surface area (TPSA) is 58.6 Å². The van der Waals surface area contributed by atoms with Crippen LogP contribution >= 0.6 is 0 Å². The highest BCUT2D eigenvalue weighted by molar-refractivity contribution is 6.01. The molecule has 0 aromatic carbocycles. The van der Waals surface area contributed by atoms with Crippen molar-refractivity contribution in [3.63, 3.8) is 0 Å². The number of imide groups is 1. The summed E-state index contributed by atoms with van der Waals surface area (Å²) in [6.07, 6.45) is 8.39. The van der Waals surface area contributed by atoms with Crippen LogP contribution in [0.15, 0.2) is 0 Å². The summed E-state index contributed by atoms with van der Waals surface area (Å²) in [4.78, 5) is 24.2. The van der Waals surface area contributed by atoms with Gasteiger partial charge in [0.05, 0.1) is 11.7 Å². The summed E-state index contributed by atoms with van der Waals surface area (Å²) in [5, 5.41) is 2.30. The zero-order valence-electron chi connectivity index (χ0n) is 10.6. The third-order valence-corrected chi connectivity index (χ3v) is 4.40. The number of rotatable bonds is 2. The lowest BCUT2D eigenvalue weighted by Crippen LogP contribution is -2.38. The minimum atomic E-state index is -0.270. The minimum Gasteiger partial charge on any atom is -0.370 e. The lowest BCUT2D eigenvalue weighted by molar-refractivity contribution is -0.118. The molecule has 5 nitrogen and oxygen atoms in total. The van der Waals surface area contributed by atoms with Gasteiger partial charge in [-0.2, -0.15) is 0 Å². The average Bonchev–Trinajstić information content (AvgIpc) is 2.86. The maximum absolute atomic E-state index is 11.5. The van der Waals surface area contributed by atoms with Gasteiger partial charge in [0, 0.05) is 6.54 Å². The normalized spacial score (nSPS) is 31.1. The van der Waals surface area contributed by atoms with Gasteiger partial charge in [-0.15, -0.1) is 0 Å². The summed E-state index contributed by atoms with van der Waals surface area (Å²) in [5.74, 6) is -0.203. The molecule has 0 radical (unpaired) electrons. The number of ether oxygens (including phenoxy) is 1. The molecule has 3 aliphatic rings. The molecule has 1 spiro atoms. The van der Waals surface area contributed by atoms with E-state index in [0.717, 1.165) is 25.7 Å². The molecule has 2 aliphatic heterocycles. The summed E-state index contributed by atoms with van der Waals surface area (Å²) in [6.45, 7) is 0.741. The molecule has 0 aromatic rings. The first-order chi connectivity index (χ1) is 8.67. The van der Waals surface area contributed by atoms with E-state index in [1.165, 1.54) is 19.3 Å². The van der Waals surface area contributed by atoms with Crippen LogP contribution in [0.4, 0.5) is 4.79 Å². The van der Waals surface area contributed by atoms with Crippen molar-refractivity contribution in [3.8, 4) is 0 Å². The molecule has 3 rings (SSSR count). The molecule has 1 atom stereocenters. The van der Waals surface area contributed by atoms with Crippen molar-refractivity contribution < 1.29 is 14.3 Å². The van der Waals surface area contributed by atoms with E-state index in [9.17, 15) is 9.59 Å². The number of carbonyl (C=O) groups excluding carboxylic acids is 2. The summed E-state index contributed by atoms with van der Waals surface area (Å²) in [7, 11) is 0. The average molecular weight is 252 g/mol. The van der Waals surface area contributed by atoms with Crippen molar-refractivity contribution >= 4 is 11.9 Å². The van der Waals surface area contributed by atoms with Crippen molar-refractivity contribution in [2.45, 2.75) is 56.7 Å². The molecule has 3 fully saturated rings. The molecule has 0 aromatic heterocycles. The molecule has 1 N–H and O–H groups in total. The predicted molar refractivity (Wildman–Crippen MR) is 65.0 cm³/mol.